The number of rotatable bonds is 2. The van der Waals surface area contributed by atoms with Crippen molar-refractivity contribution >= 4 is 29.4 Å². The Kier molecular flexibility index (Phi) is 2.55. The van der Waals surface area contributed by atoms with Crippen molar-refractivity contribution in [1.82, 2.24) is 10.2 Å². The molecule has 1 fully saturated rings. The first-order chi connectivity index (χ1) is 7.22. The minimum Gasteiger partial charge on any atom is -0.303 e. The van der Waals surface area contributed by atoms with E-state index in [1.807, 2.05) is 16.8 Å². The Morgan fingerprint density at radius 1 is 1.53 bits per heavy atom. The van der Waals surface area contributed by atoms with Crippen molar-refractivity contribution in [1.29, 1.82) is 0 Å². The standard InChI is InChI=1S/C10H10N2O2S/c1-2-12-9(13)8(11-10(12)14)5-7-3-4-15-6-7/h3-6H,2H2,1H3,(H,11,14). The first kappa shape index (κ1) is 9.92. The van der Waals surface area contributed by atoms with Crippen molar-refractivity contribution in [3.8, 4) is 0 Å². The zero-order valence-electron chi connectivity index (χ0n) is 8.19. The highest BCUT2D eigenvalue weighted by molar-refractivity contribution is 7.08. The summed E-state index contributed by atoms with van der Waals surface area (Å²) in [4.78, 5) is 24.1. The number of hydrogen-bond acceptors (Lipinski definition) is 3. The summed E-state index contributed by atoms with van der Waals surface area (Å²) in [5.41, 5.74) is 1.28. The number of likely N-dealkylation sites (N-methyl/N-ethyl adjacent to an activating group) is 1. The van der Waals surface area contributed by atoms with Crippen LogP contribution in [0.15, 0.2) is 22.5 Å². The van der Waals surface area contributed by atoms with E-state index < -0.39 is 0 Å². The lowest BCUT2D eigenvalue weighted by Gasteiger charge is -2.05. The third kappa shape index (κ3) is 1.78. The van der Waals surface area contributed by atoms with Crippen LogP contribution in [0.1, 0.15) is 12.5 Å². The molecule has 5 heteroatoms. The van der Waals surface area contributed by atoms with Gasteiger partial charge in [0.15, 0.2) is 0 Å². The molecule has 0 atom stereocenters. The normalized spacial score (nSPS) is 18.7. The molecule has 2 rings (SSSR count). The maximum Gasteiger partial charge on any atom is 0.328 e. The van der Waals surface area contributed by atoms with E-state index in [4.69, 9.17) is 0 Å². The number of amides is 3. The summed E-state index contributed by atoms with van der Waals surface area (Å²) in [6.45, 7) is 2.16. The second-order valence-electron chi connectivity index (χ2n) is 3.09. The molecule has 1 aliphatic heterocycles. The lowest BCUT2D eigenvalue weighted by atomic mass is 10.2. The van der Waals surface area contributed by atoms with Crippen LogP contribution in [-0.4, -0.2) is 23.4 Å². The molecule has 0 unspecified atom stereocenters. The number of carbonyl (C=O) groups is 2. The average Bonchev–Trinajstić information content (AvgIpc) is 2.78. The molecule has 0 aliphatic carbocycles. The minimum absolute atomic E-state index is 0.256. The highest BCUT2D eigenvalue weighted by atomic mass is 32.1. The molecule has 2 heterocycles. The summed E-state index contributed by atoms with van der Waals surface area (Å²) in [6.07, 6.45) is 1.69. The Hall–Kier alpha value is -1.62. The van der Waals surface area contributed by atoms with E-state index in [-0.39, 0.29) is 11.9 Å². The van der Waals surface area contributed by atoms with Crippen LogP contribution in [0.25, 0.3) is 6.08 Å². The number of carbonyl (C=O) groups excluding carboxylic acids is 2. The van der Waals surface area contributed by atoms with E-state index >= 15 is 0 Å². The molecule has 1 aromatic rings. The van der Waals surface area contributed by atoms with Crippen molar-refractivity contribution in [3.05, 3.63) is 28.1 Å². The summed E-state index contributed by atoms with van der Waals surface area (Å²) >= 11 is 1.55. The van der Waals surface area contributed by atoms with Crippen molar-refractivity contribution in [2.24, 2.45) is 0 Å². The predicted molar refractivity (Wildman–Crippen MR) is 58.2 cm³/mol. The SMILES string of the molecule is CCN1C(=O)NC(=Cc2ccsc2)C1=O. The van der Waals surface area contributed by atoms with E-state index in [9.17, 15) is 9.59 Å². The first-order valence-corrected chi connectivity index (χ1v) is 5.53. The molecule has 1 aromatic heterocycles. The molecular weight excluding hydrogens is 212 g/mol. The Labute approximate surface area is 91.2 Å². The lowest BCUT2D eigenvalue weighted by molar-refractivity contribution is -0.122. The molecule has 3 amide bonds. The molecule has 1 saturated heterocycles. The summed E-state index contributed by atoms with van der Waals surface area (Å²) in [5.74, 6) is -0.256. The number of nitrogens with one attached hydrogen (secondary N) is 1. The largest absolute Gasteiger partial charge is 0.328 e. The van der Waals surface area contributed by atoms with Gasteiger partial charge in [0.1, 0.15) is 5.70 Å². The fraction of sp³-hybridized carbons (Fsp3) is 0.200. The molecule has 0 radical (unpaired) electrons. The second-order valence-corrected chi connectivity index (χ2v) is 3.87. The fourth-order valence-corrected chi connectivity index (χ4v) is 2.00. The Morgan fingerprint density at radius 3 is 2.87 bits per heavy atom. The molecule has 0 saturated carbocycles. The Morgan fingerprint density at radius 2 is 2.33 bits per heavy atom. The topological polar surface area (TPSA) is 49.4 Å². The zero-order chi connectivity index (χ0) is 10.8. The van der Waals surface area contributed by atoms with Gasteiger partial charge in [0.25, 0.3) is 5.91 Å². The molecule has 1 aliphatic rings. The minimum atomic E-state index is -0.344. The summed E-state index contributed by atoms with van der Waals surface area (Å²) in [6, 6.07) is 1.55. The van der Waals surface area contributed by atoms with E-state index in [0.29, 0.717) is 12.2 Å². The van der Waals surface area contributed by atoms with Crippen LogP contribution >= 0.6 is 11.3 Å². The van der Waals surface area contributed by atoms with Gasteiger partial charge in [0.05, 0.1) is 0 Å². The first-order valence-electron chi connectivity index (χ1n) is 4.59. The van der Waals surface area contributed by atoms with Gasteiger partial charge in [-0.15, -0.1) is 0 Å². The Bertz CT molecular complexity index is 423. The van der Waals surface area contributed by atoms with Crippen LogP contribution in [-0.2, 0) is 4.79 Å². The zero-order valence-corrected chi connectivity index (χ0v) is 9.00. The number of imide groups is 1. The quantitative estimate of drug-likeness (QED) is 0.611. The number of thiophene rings is 1. The molecule has 15 heavy (non-hydrogen) atoms. The summed E-state index contributed by atoms with van der Waals surface area (Å²) in [7, 11) is 0. The average molecular weight is 222 g/mol. The molecular formula is C10H10N2O2S. The van der Waals surface area contributed by atoms with Gasteiger partial charge in [-0.2, -0.15) is 11.3 Å². The van der Waals surface area contributed by atoms with Crippen LogP contribution < -0.4 is 5.32 Å². The smallest absolute Gasteiger partial charge is 0.303 e. The number of hydrogen-bond donors (Lipinski definition) is 1. The highest BCUT2D eigenvalue weighted by Crippen LogP contribution is 2.15. The molecule has 0 aromatic carbocycles. The van der Waals surface area contributed by atoms with Crippen molar-refractivity contribution < 1.29 is 9.59 Å². The van der Waals surface area contributed by atoms with E-state index in [1.54, 1.807) is 24.3 Å². The van der Waals surface area contributed by atoms with E-state index in [0.717, 1.165) is 5.56 Å². The van der Waals surface area contributed by atoms with Gasteiger partial charge in [-0.1, -0.05) is 0 Å². The second kappa shape index (κ2) is 3.86. The van der Waals surface area contributed by atoms with Crippen molar-refractivity contribution in [2.45, 2.75) is 6.92 Å². The lowest BCUT2D eigenvalue weighted by Crippen LogP contribution is -2.30. The van der Waals surface area contributed by atoms with E-state index in [2.05, 4.69) is 5.32 Å². The van der Waals surface area contributed by atoms with Crippen LogP contribution in [0, 0.1) is 0 Å². The number of nitrogens with zero attached hydrogens (tertiary/aromatic N) is 1. The Balaban J connectivity index is 2.26. The maximum absolute atomic E-state index is 11.7. The van der Waals surface area contributed by atoms with Gasteiger partial charge in [-0.3, -0.25) is 9.69 Å². The summed E-state index contributed by atoms with van der Waals surface area (Å²) in [5, 5.41) is 6.39. The van der Waals surface area contributed by atoms with Crippen molar-refractivity contribution in [3.63, 3.8) is 0 Å². The van der Waals surface area contributed by atoms with Gasteiger partial charge in [0, 0.05) is 6.54 Å². The van der Waals surface area contributed by atoms with E-state index in [1.165, 1.54) is 4.90 Å². The highest BCUT2D eigenvalue weighted by Gasteiger charge is 2.31. The third-order valence-corrected chi connectivity index (χ3v) is 2.83. The fourth-order valence-electron chi connectivity index (χ4n) is 1.38. The van der Waals surface area contributed by atoms with Crippen molar-refractivity contribution in [2.75, 3.05) is 6.54 Å². The predicted octanol–water partition coefficient (Wildman–Crippen LogP) is 1.66. The molecule has 78 valence electrons. The van der Waals surface area contributed by atoms with Gasteiger partial charge in [0.2, 0.25) is 0 Å². The molecule has 1 N–H and O–H groups in total. The third-order valence-electron chi connectivity index (χ3n) is 2.13. The van der Waals surface area contributed by atoms with Crippen LogP contribution in [0.5, 0.6) is 0 Å². The van der Waals surface area contributed by atoms with Gasteiger partial charge in [-0.25, -0.2) is 4.79 Å². The molecule has 4 nitrogen and oxygen atoms in total. The maximum atomic E-state index is 11.7. The van der Waals surface area contributed by atoms with Crippen LogP contribution in [0.3, 0.4) is 0 Å². The molecule has 0 bridgehead atoms. The van der Waals surface area contributed by atoms with Crippen LogP contribution in [0.2, 0.25) is 0 Å². The summed E-state index contributed by atoms with van der Waals surface area (Å²) < 4.78 is 0. The van der Waals surface area contributed by atoms with Gasteiger partial charge < -0.3 is 5.32 Å². The monoisotopic (exact) mass is 222 g/mol. The van der Waals surface area contributed by atoms with Crippen LogP contribution in [0.4, 0.5) is 4.79 Å². The molecule has 0 spiro atoms. The van der Waals surface area contributed by atoms with Gasteiger partial charge in [-0.05, 0) is 35.4 Å². The van der Waals surface area contributed by atoms with Gasteiger partial charge >= 0.3 is 6.03 Å². The number of urea groups is 1.